The van der Waals surface area contributed by atoms with Crippen molar-refractivity contribution < 1.29 is 38.1 Å². The Morgan fingerprint density at radius 2 is 1.76 bits per heavy atom. The monoisotopic (exact) mass is 461 g/mol. The number of nitrogens with zero attached hydrogens (tertiary/aromatic N) is 1. The Bertz CT molecular complexity index is 1040. The van der Waals surface area contributed by atoms with Gasteiger partial charge in [0.25, 0.3) is 0 Å². The third-order valence-corrected chi connectivity index (χ3v) is 5.66. The SMILES string of the molecule is COC(=O)c1c(C(=O)OC)c(C(C)C)n(CC[C@@H]2C[C@@H](O)CC(=O)O2)c1-c1ccc(F)cc1. The molecule has 1 aliphatic rings. The second kappa shape index (κ2) is 10.2. The van der Waals surface area contributed by atoms with E-state index in [4.69, 9.17) is 14.2 Å². The van der Waals surface area contributed by atoms with E-state index in [0.717, 1.165) is 0 Å². The number of aliphatic hydroxyl groups is 1. The standard InChI is InChI=1S/C24H28FNO7/c1-13(2)21-19(23(29)31-3)20(24(30)32-4)22(14-5-7-15(25)8-6-14)26(21)10-9-17-11-16(27)12-18(28)33-17/h5-8,13,16-17,27H,9-12H2,1-4H3/t16-,17-/m1/s1. The summed E-state index contributed by atoms with van der Waals surface area (Å²) in [5.41, 5.74) is 1.55. The van der Waals surface area contributed by atoms with Crippen molar-refractivity contribution in [3.8, 4) is 11.3 Å². The van der Waals surface area contributed by atoms with Crippen molar-refractivity contribution in [2.45, 2.75) is 57.8 Å². The zero-order chi connectivity index (χ0) is 24.3. The summed E-state index contributed by atoms with van der Waals surface area (Å²) in [6.45, 7) is 4.02. The topological polar surface area (TPSA) is 104 Å². The number of hydrogen-bond acceptors (Lipinski definition) is 7. The van der Waals surface area contributed by atoms with Crippen molar-refractivity contribution in [3.63, 3.8) is 0 Å². The van der Waals surface area contributed by atoms with Gasteiger partial charge in [0, 0.05) is 25.1 Å². The number of carbonyl (C=O) groups is 3. The normalized spacial score (nSPS) is 18.2. The van der Waals surface area contributed by atoms with Gasteiger partial charge in [-0.1, -0.05) is 13.8 Å². The van der Waals surface area contributed by atoms with E-state index in [9.17, 15) is 23.9 Å². The molecule has 2 aromatic rings. The van der Waals surface area contributed by atoms with E-state index in [1.807, 2.05) is 13.8 Å². The number of benzene rings is 1. The highest BCUT2D eigenvalue weighted by Gasteiger charge is 2.35. The molecule has 33 heavy (non-hydrogen) atoms. The van der Waals surface area contributed by atoms with E-state index in [1.165, 1.54) is 38.5 Å². The lowest BCUT2D eigenvalue weighted by atomic mass is 10.0. The number of ether oxygens (including phenoxy) is 3. The van der Waals surface area contributed by atoms with Gasteiger partial charge in [-0.25, -0.2) is 14.0 Å². The van der Waals surface area contributed by atoms with Crippen molar-refractivity contribution in [2.24, 2.45) is 0 Å². The average Bonchev–Trinajstić information content (AvgIpc) is 3.12. The average molecular weight is 461 g/mol. The van der Waals surface area contributed by atoms with Crippen LogP contribution in [0.1, 0.15) is 65.4 Å². The Morgan fingerprint density at radius 1 is 1.15 bits per heavy atom. The summed E-state index contributed by atoms with van der Waals surface area (Å²) in [6.07, 6.45) is -0.709. The molecule has 1 aromatic heterocycles. The quantitative estimate of drug-likeness (QED) is 0.497. The number of aliphatic hydroxyl groups excluding tert-OH is 1. The molecule has 1 fully saturated rings. The van der Waals surface area contributed by atoms with Crippen molar-refractivity contribution in [3.05, 3.63) is 46.9 Å². The van der Waals surface area contributed by atoms with Gasteiger partial charge >= 0.3 is 17.9 Å². The highest BCUT2D eigenvalue weighted by atomic mass is 19.1. The van der Waals surface area contributed by atoms with E-state index < -0.39 is 35.9 Å². The third kappa shape index (κ3) is 5.08. The van der Waals surface area contributed by atoms with E-state index in [0.29, 0.717) is 29.8 Å². The minimum Gasteiger partial charge on any atom is -0.465 e. The number of esters is 3. The first-order chi connectivity index (χ1) is 15.7. The van der Waals surface area contributed by atoms with E-state index in [2.05, 4.69) is 0 Å². The maximum atomic E-state index is 13.6. The summed E-state index contributed by atoms with van der Waals surface area (Å²) in [6, 6.07) is 5.56. The van der Waals surface area contributed by atoms with Gasteiger partial charge in [-0.2, -0.15) is 0 Å². The molecule has 0 spiro atoms. The zero-order valence-corrected chi connectivity index (χ0v) is 19.1. The van der Waals surface area contributed by atoms with Crippen LogP contribution in [0.15, 0.2) is 24.3 Å². The first kappa shape index (κ1) is 24.4. The second-order valence-corrected chi connectivity index (χ2v) is 8.27. The van der Waals surface area contributed by atoms with Crippen LogP contribution in [-0.2, 0) is 25.5 Å². The summed E-state index contributed by atoms with van der Waals surface area (Å²) in [5.74, 6) is -2.54. The molecule has 9 heteroatoms. The van der Waals surface area contributed by atoms with Crippen molar-refractivity contribution >= 4 is 17.9 Å². The maximum Gasteiger partial charge on any atom is 0.340 e. The number of rotatable bonds is 7. The molecule has 2 atom stereocenters. The largest absolute Gasteiger partial charge is 0.465 e. The number of methoxy groups -OCH3 is 2. The summed E-state index contributed by atoms with van der Waals surface area (Å²) >= 11 is 0. The molecule has 0 radical (unpaired) electrons. The molecular weight excluding hydrogens is 433 g/mol. The van der Waals surface area contributed by atoms with Gasteiger partial charge in [-0.3, -0.25) is 4.79 Å². The number of aromatic nitrogens is 1. The minimum atomic E-state index is -0.779. The zero-order valence-electron chi connectivity index (χ0n) is 19.1. The predicted octanol–water partition coefficient (Wildman–Crippen LogP) is 3.45. The highest BCUT2D eigenvalue weighted by Crippen LogP contribution is 2.37. The van der Waals surface area contributed by atoms with Gasteiger partial charge in [0.2, 0.25) is 0 Å². The molecule has 0 bridgehead atoms. The molecule has 0 unspecified atom stereocenters. The first-order valence-electron chi connectivity index (χ1n) is 10.7. The molecule has 0 saturated carbocycles. The number of hydrogen-bond donors (Lipinski definition) is 1. The molecule has 3 rings (SSSR count). The maximum absolute atomic E-state index is 13.6. The van der Waals surface area contributed by atoms with Crippen LogP contribution in [0, 0.1) is 5.82 Å². The lowest BCUT2D eigenvalue weighted by molar-refractivity contribution is -0.160. The van der Waals surface area contributed by atoms with Gasteiger partial charge in [0.1, 0.15) is 17.5 Å². The van der Waals surface area contributed by atoms with Crippen LogP contribution in [0.3, 0.4) is 0 Å². The second-order valence-electron chi connectivity index (χ2n) is 8.27. The van der Waals surface area contributed by atoms with Crippen molar-refractivity contribution in [1.82, 2.24) is 4.57 Å². The van der Waals surface area contributed by atoms with Crippen molar-refractivity contribution in [2.75, 3.05) is 14.2 Å². The van der Waals surface area contributed by atoms with Crippen LogP contribution in [-0.4, -0.2) is 54.0 Å². The van der Waals surface area contributed by atoms with Gasteiger partial charge in [-0.05, 0) is 35.7 Å². The Balaban J connectivity index is 2.20. The lowest BCUT2D eigenvalue weighted by Gasteiger charge is -2.27. The van der Waals surface area contributed by atoms with Crippen LogP contribution in [0.2, 0.25) is 0 Å². The smallest absolute Gasteiger partial charge is 0.340 e. The highest BCUT2D eigenvalue weighted by molar-refractivity contribution is 6.09. The lowest BCUT2D eigenvalue weighted by Crippen LogP contribution is -2.33. The fraction of sp³-hybridized carbons (Fsp3) is 0.458. The molecule has 1 aliphatic heterocycles. The first-order valence-corrected chi connectivity index (χ1v) is 10.7. The van der Waals surface area contributed by atoms with Crippen LogP contribution < -0.4 is 0 Å². The fourth-order valence-corrected chi connectivity index (χ4v) is 4.30. The Kier molecular flexibility index (Phi) is 7.53. The Labute approximate surface area is 191 Å². The molecule has 2 heterocycles. The Hall–Kier alpha value is -3.20. The van der Waals surface area contributed by atoms with Crippen LogP contribution >= 0.6 is 0 Å². The third-order valence-electron chi connectivity index (χ3n) is 5.66. The van der Waals surface area contributed by atoms with E-state index >= 15 is 0 Å². The van der Waals surface area contributed by atoms with E-state index in [1.54, 1.807) is 4.57 Å². The molecule has 1 N–H and O–H groups in total. The predicted molar refractivity (Wildman–Crippen MR) is 116 cm³/mol. The van der Waals surface area contributed by atoms with Crippen molar-refractivity contribution in [1.29, 1.82) is 0 Å². The van der Waals surface area contributed by atoms with Gasteiger partial charge < -0.3 is 23.9 Å². The summed E-state index contributed by atoms with van der Waals surface area (Å²) in [5, 5.41) is 9.94. The van der Waals surface area contributed by atoms with Gasteiger partial charge in [-0.15, -0.1) is 0 Å². The molecule has 0 amide bonds. The molecule has 8 nitrogen and oxygen atoms in total. The van der Waals surface area contributed by atoms with Gasteiger partial charge in [0.15, 0.2) is 0 Å². The summed E-state index contributed by atoms with van der Waals surface area (Å²) in [4.78, 5) is 37.5. The van der Waals surface area contributed by atoms with Gasteiger partial charge in [0.05, 0.1) is 38.0 Å². The fourth-order valence-electron chi connectivity index (χ4n) is 4.30. The molecule has 1 aromatic carbocycles. The number of cyclic esters (lactones) is 1. The minimum absolute atomic E-state index is 0.0281. The van der Waals surface area contributed by atoms with Crippen LogP contribution in [0.4, 0.5) is 4.39 Å². The van der Waals surface area contributed by atoms with Crippen LogP contribution in [0.25, 0.3) is 11.3 Å². The Morgan fingerprint density at radius 3 is 2.30 bits per heavy atom. The summed E-state index contributed by atoms with van der Waals surface area (Å²) < 4.78 is 30.8. The molecule has 0 aliphatic carbocycles. The molecule has 178 valence electrons. The van der Waals surface area contributed by atoms with Crippen LogP contribution in [0.5, 0.6) is 0 Å². The summed E-state index contributed by atoms with van der Waals surface area (Å²) in [7, 11) is 2.44. The molecule has 1 saturated heterocycles. The van der Waals surface area contributed by atoms with E-state index in [-0.39, 0.29) is 30.0 Å². The molecular formula is C24H28FNO7. The number of carbonyl (C=O) groups excluding carboxylic acids is 3. The number of halogens is 1.